The van der Waals surface area contributed by atoms with E-state index in [-0.39, 0.29) is 0 Å². The molecule has 1 atom stereocenters. The molecular formula is C29H51N3O. The number of imidazole rings is 1. The molecule has 2 rings (SSSR count). The van der Waals surface area contributed by atoms with E-state index in [9.17, 15) is 0 Å². The minimum atomic E-state index is 0.353. The second kappa shape index (κ2) is 14.0. The number of aromatic nitrogens is 2. The standard InChI is InChI=1S/C29H51N3O/c1-8-11-19-32-27-22-25(33-20-15-13-12-14-18-31(9-2)10-3)16-17-26(27)30-28(32)21-24(4)23-29(5,6)7/h16-17,22,24H,8-15,18-21,23H2,1-7H3. The summed E-state index contributed by atoms with van der Waals surface area (Å²) in [6.45, 7) is 21.5. The highest BCUT2D eigenvalue weighted by Crippen LogP contribution is 2.29. The maximum Gasteiger partial charge on any atom is 0.121 e. The van der Waals surface area contributed by atoms with E-state index in [0.29, 0.717) is 11.3 Å². The molecule has 0 fully saturated rings. The molecule has 1 unspecified atom stereocenters. The van der Waals surface area contributed by atoms with Crippen molar-refractivity contribution in [3.05, 3.63) is 24.0 Å². The van der Waals surface area contributed by atoms with Gasteiger partial charge in [-0.3, -0.25) is 0 Å². The van der Waals surface area contributed by atoms with Crippen molar-refractivity contribution in [1.29, 1.82) is 0 Å². The zero-order chi connectivity index (χ0) is 24.3. The average molecular weight is 458 g/mol. The zero-order valence-electron chi connectivity index (χ0n) is 22.8. The van der Waals surface area contributed by atoms with Crippen molar-refractivity contribution >= 4 is 11.0 Å². The summed E-state index contributed by atoms with van der Waals surface area (Å²) in [6.07, 6.45) is 9.59. The number of hydrogen-bond acceptors (Lipinski definition) is 3. The Labute approximate surface area is 204 Å². The van der Waals surface area contributed by atoms with E-state index in [4.69, 9.17) is 9.72 Å². The van der Waals surface area contributed by atoms with Crippen LogP contribution in [0.1, 0.15) is 99.2 Å². The summed E-state index contributed by atoms with van der Waals surface area (Å²) < 4.78 is 8.60. The van der Waals surface area contributed by atoms with Gasteiger partial charge < -0.3 is 14.2 Å². The van der Waals surface area contributed by atoms with Gasteiger partial charge in [0, 0.05) is 19.0 Å². The molecule has 0 radical (unpaired) electrons. The molecule has 0 amide bonds. The van der Waals surface area contributed by atoms with E-state index in [0.717, 1.165) is 50.3 Å². The molecule has 1 heterocycles. The second-order valence-electron chi connectivity index (χ2n) is 11.0. The van der Waals surface area contributed by atoms with Crippen molar-refractivity contribution < 1.29 is 4.74 Å². The van der Waals surface area contributed by atoms with Crippen LogP contribution in [0.15, 0.2) is 18.2 Å². The van der Waals surface area contributed by atoms with Crippen molar-refractivity contribution in [2.45, 2.75) is 106 Å². The van der Waals surface area contributed by atoms with Crippen LogP contribution < -0.4 is 4.74 Å². The molecule has 0 aliphatic carbocycles. The van der Waals surface area contributed by atoms with Gasteiger partial charge in [0.25, 0.3) is 0 Å². The Hall–Kier alpha value is -1.55. The first kappa shape index (κ1) is 27.7. The molecule has 0 saturated heterocycles. The minimum Gasteiger partial charge on any atom is -0.494 e. The van der Waals surface area contributed by atoms with Crippen LogP contribution in [0.25, 0.3) is 11.0 Å². The van der Waals surface area contributed by atoms with Crippen molar-refractivity contribution in [1.82, 2.24) is 14.5 Å². The SMILES string of the molecule is CCCCn1c(CC(C)CC(C)(C)C)nc2ccc(OCCCCCCN(CC)CC)cc21. The predicted molar refractivity (Wildman–Crippen MR) is 143 cm³/mol. The van der Waals surface area contributed by atoms with E-state index in [1.165, 1.54) is 56.4 Å². The highest BCUT2D eigenvalue weighted by Gasteiger charge is 2.19. The van der Waals surface area contributed by atoms with Crippen LogP contribution in [0.4, 0.5) is 0 Å². The number of benzene rings is 1. The summed E-state index contributed by atoms with van der Waals surface area (Å²) in [7, 11) is 0. The summed E-state index contributed by atoms with van der Waals surface area (Å²) in [4.78, 5) is 7.54. The molecule has 0 spiro atoms. The van der Waals surface area contributed by atoms with Crippen LogP contribution >= 0.6 is 0 Å². The monoisotopic (exact) mass is 457 g/mol. The molecule has 33 heavy (non-hydrogen) atoms. The lowest BCUT2D eigenvalue weighted by Crippen LogP contribution is -2.23. The van der Waals surface area contributed by atoms with E-state index >= 15 is 0 Å². The molecule has 0 N–H and O–H groups in total. The van der Waals surface area contributed by atoms with Crippen molar-refractivity contribution in [3.63, 3.8) is 0 Å². The highest BCUT2D eigenvalue weighted by atomic mass is 16.5. The topological polar surface area (TPSA) is 30.3 Å². The van der Waals surface area contributed by atoms with Crippen LogP contribution in [0.3, 0.4) is 0 Å². The molecule has 0 bridgehead atoms. The highest BCUT2D eigenvalue weighted by molar-refractivity contribution is 5.77. The largest absolute Gasteiger partial charge is 0.494 e. The van der Waals surface area contributed by atoms with E-state index in [1.807, 2.05) is 0 Å². The van der Waals surface area contributed by atoms with Crippen LogP contribution in [-0.4, -0.2) is 40.7 Å². The van der Waals surface area contributed by atoms with Gasteiger partial charge in [-0.25, -0.2) is 4.98 Å². The number of hydrogen-bond donors (Lipinski definition) is 0. The lowest BCUT2D eigenvalue weighted by Gasteiger charge is -2.23. The van der Waals surface area contributed by atoms with Gasteiger partial charge in [-0.1, -0.05) is 67.7 Å². The minimum absolute atomic E-state index is 0.353. The number of unbranched alkanes of at least 4 members (excludes halogenated alkanes) is 4. The number of nitrogens with zero attached hydrogens (tertiary/aromatic N) is 3. The van der Waals surface area contributed by atoms with Crippen LogP contribution in [0, 0.1) is 11.3 Å². The summed E-state index contributed by atoms with van der Waals surface area (Å²) in [6, 6.07) is 6.47. The first-order valence-electron chi connectivity index (χ1n) is 13.6. The third-order valence-corrected chi connectivity index (χ3v) is 6.56. The predicted octanol–water partition coefficient (Wildman–Crippen LogP) is 7.73. The summed E-state index contributed by atoms with van der Waals surface area (Å²) in [5.41, 5.74) is 2.69. The molecule has 188 valence electrons. The van der Waals surface area contributed by atoms with Gasteiger partial charge >= 0.3 is 0 Å². The van der Waals surface area contributed by atoms with Gasteiger partial charge in [0.15, 0.2) is 0 Å². The van der Waals surface area contributed by atoms with Gasteiger partial charge in [-0.05, 0) is 68.8 Å². The molecule has 1 aromatic carbocycles. The summed E-state index contributed by atoms with van der Waals surface area (Å²) in [5.74, 6) is 2.85. The third-order valence-electron chi connectivity index (χ3n) is 6.56. The molecule has 1 aromatic heterocycles. The van der Waals surface area contributed by atoms with Crippen LogP contribution in [0.2, 0.25) is 0 Å². The fraction of sp³-hybridized carbons (Fsp3) is 0.759. The van der Waals surface area contributed by atoms with E-state index < -0.39 is 0 Å². The van der Waals surface area contributed by atoms with E-state index in [1.54, 1.807) is 0 Å². The van der Waals surface area contributed by atoms with Gasteiger partial charge in [-0.15, -0.1) is 0 Å². The number of rotatable bonds is 16. The van der Waals surface area contributed by atoms with Crippen LogP contribution in [-0.2, 0) is 13.0 Å². The van der Waals surface area contributed by atoms with Crippen molar-refractivity contribution in [2.75, 3.05) is 26.2 Å². The van der Waals surface area contributed by atoms with Crippen molar-refractivity contribution in [3.8, 4) is 5.75 Å². The van der Waals surface area contributed by atoms with E-state index in [2.05, 4.69) is 76.1 Å². The zero-order valence-corrected chi connectivity index (χ0v) is 22.8. The second-order valence-corrected chi connectivity index (χ2v) is 11.0. The molecule has 4 nitrogen and oxygen atoms in total. The fourth-order valence-electron chi connectivity index (χ4n) is 4.91. The molecular weight excluding hydrogens is 406 g/mol. The molecule has 0 saturated carbocycles. The van der Waals surface area contributed by atoms with Gasteiger partial charge in [-0.2, -0.15) is 0 Å². The molecule has 4 heteroatoms. The molecule has 2 aromatic rings. The Morgan fingerprint density at radius 3 is 2.39 bits per heavy atom. The Balaban J connectivity index is 1.95. The lowest BCUT2D eigenvalue weighted by atomic mass is 9.84. The van der Waals surface area contributed by atoms with Crippen LogP contribution in [0.5, 0.6) is 5.75 Å². The summed E-state index contributed by atoms with van der Waals surface area (Å²) in [5, 5.41) is 0. The number of fused-ring (bicyclic) bond motifs is 1. The Morgan fingerprint density at radius 2 is 1.73 bits per heavy atom. The first-order valence-corrected chi connectivity index (χ1v) is 13.6. The molecule has 0 aliphatic heterocycles. The average Bonchev–Trinajstić information content (AvgIpc) is 3.08. The normalized spacial score (nSPS) is 13.2. The van der Waals surface area contributed by atoms with Gasteiger partial charge in [0.2, 0.25) is 0 Å². The quantitative estimate of drug-likeness (QED) is 0.242. The Bertz CT molecular complexity index is 801. The van der Waals surface area contributed by atoms with Gasteiger partial charge in [0.1, 0.15) is 11.6 Å². The fourth-order valence-corrected chi connectivity index (χ4v) is 4.91. The summed E-state index contributed by atoms with van der Waals surface area (Å²) >= 11 is 0. The maximum absolute atomic E-state index is 6.15. The smallest absolute Gasteiger partial charge is 0.121 e. The first-order chi connectivity index (χ1) is 15.8. The Kier molecular flexibility index (Phi) is 11.7. The van der Waals surface area contributed by atoms with Gasteiger partial charge in [0.05, 0.1) is 17.6 Å². The Morgan fingerprint density at radius 1 is 1.00 bits per heavy atom. The molecule has 0 aliphatic rings. The lowest BCUT2D eigenvalue weighted by molar-refractivity contribution is 0.284. The van der Waals surface area contributed by atoms with Crippen molar-refractivity contribution in [2.24, 2.45) is 11.3 Å². The number of ether oxygens (including phenoxy) is 1. The maximum atomic E-state index is 6.15. The third kappa shape index (κ3) is 9.68. The number of aryl methyl sites for hydroxylation is 1.